The Balaban J connectivity index is 2.04. The number of alkyl halides is 3. The minimum atomic E-state index is -4.50. The van der Waals surface area contributed by atoms with Gasteiger partial charge in [0.25, 0.3) is 5.56 Å². The zero-order chi connectivity index (χ0) is 24.2. The third-order valence-corrected chi connectivity index (χ3v) is 5.28. The minimum Gasteiger partial charge on any atom is -0.396 e. The van der Waals surface area contributed by atoms with Gasteiger partial charge in [0.15, 0.2) is 0 Å². The van der Waals surface area contributed by atoms with Crippen LogP contribution in [0.5, 0.6) is 0 Å². The van der Waals surface area contributed by atoms with Crippen LogP contribution in [0.15, 0.2) is 53.3 Å². The number of hydrogen-bond donors (Lipinski definition) is 2. The molecular formula is C24H24F3N3O3. The number of aliphatic hydroxyl groups is 1. The molecule has 0 radical (unpaired) electrons. The number of carbonyl (C=O) groups excluding carboxylic acids is 1. The van der Waals surface area contributed by atoms with Gasteiger partial charge in [0, 0.05) is 35.5 Å². The molecule has 0 aliphatic rings. The molecule has 6 nitrogen and oxygen atoms in total. The third kappa shape index (κ3) is 5.48. The molecule has 0 atom stereocenters. The number of anilines is 1. The summed E-state index contributed by atoms with van der Waals surface area (Å²) in [6.07, 6.45) is -3.76. The summed E-state index contributed by atoms with van der Waals surface area (Å²) in [5, 5.41) is 12.1. The zero-order valence-corrected chi connectivity index (χ0v) is 18.2. The molecule has 0 saturated carbocycles. The normalized spacial score (nSPS) is 11.5. The Bertz CT molecular complexity index is 1200. The van der Waals surface area contributed by atoms with E-state index < -0.39 is 23.2 Å². The molecule has 9 heteroatoms. The Morgan fingerprint density at radius 3 is 2.39 bits per heavy atom. The van der Waals surface area contributed by atoms with Gasteiger partial charge in [-0.05, 0) is 37.1 Å². The minimum absolute atomic E-state index is 0.0469. The Hall–Kier alpha value is -3.46. The average Bonchev–Trinajstić information content (AvgIpc) is 2.78. The van der Waals surface area contributed by atoms with Crippen LogP contribution in [-0.2, 0) is 30.4 Å². The maximum Gasteiger partial charge on any atom is 0.416 e. The molecule has 0 bridgehead atoms. The summed E-state index contributed by atoms with van der Waals surface area (Å²) in [4.78, 5) is 30.4. The molecule has 1 amide bonds. The van der Waals surface area contributed by atoms with Crippen LogP contribution in [0.3, 0.4) is 0 Å². The predicted molar refractivity (Wildman–Crippen MR) is 119 cm³/mol. The first-order chi connectivity index (χ1) is 15.7. The van der Waals surface area contributed by atoms with Crippen LogP contribution < -0.4 is 10.9 Å². The molecule has 0 aliphatic carbocycles. The molecular weight excluding hydrogens is 435 g/mol. The van der Waals surface area contributed by atoms with Crippen molar-refractivity contribution < 1.29 is 23.1 Å². The molecule has 2 aromatic carbocycles. The van der Waals surface area contributed by atoms with Gasteiger partial charge in [-0.2, -0.15) is 13.2 Å². The number of aryl methyl sites for hydroxylation is 2. The largest absolute Gasteiger partial charge is 0.416 e. The number of nitrogens with one attached hydrogen (secondary N) is 1. The molecule has 3 aromatic rings. The maximum absolute atomic E-state index is 13.2. The lowest BCUT2D eigenvalue weighted by Gasteiger charge is -2.17. The highest BCUT2D eigenvalue weighted by Gasteiger charge is 2.30. The Kier molecular flexibility index (Phi) is 7.33. The van der Waals surface area contributed by atoms with Crippen molar-refractivity contribution in [1.29, 1.82) is 0 Å². The van der Waals surface area contributed by atoms with Gasteiger partial charge in [0.2, 0.25) is 5.91 Å². The van der Waals surface area contributed by atoms with E-state index in [0.29, 0.717) is 17.8 Å². The molecule has 0 spiro atoms. The maximum atomic E-state index is 13.2. The number of hydrogen-bond acceptors (Lipinski definition) is 4. The van der Waals surface area contributed by atoms with Gasteiger partial charge in [0.05, 0.1) is 5.56 Å². The number of para-hydroxylation sites is 1. The standard InChI is InChI=1S/C24H24F3N3O3/c1-3-16-6-4-5-7-20(16)29-21(32)14-30-22(28-15(2)19(12-13-31)23(30)33)17-8-10-18(11-9-17)24(25,26)27/h4-11,31H,3,12-14H2,1-2H3,(H,29,32). The lowest BCUT2D eigenvalue weighted by atomic mass is 10.1. The van der Waals surface area contributed by atoms with Gasteiger partial charge >= 0.3 is 6.18 Å². The van der Waals surface area contributed by atoms with Gasteiger partial charge in [-0.1, -0.05) is 37.3 Å². The van der Waals surface area contributed by atoms with E-state index in [0.717, 1.165) is 22.3 Å². The summed E-state index contributed by atoms with van der Waals surface area (Å²) in [6, 6.07) is 11.5. The summed E-state index contributed by atoms with van der Waals surface area (Å²) in [5.41, 5.74) is 1.04. The van der Waals surface area contributed by atoms with Gasteiger partial charge in [-0.25, -0.2) is 4.98 Å². The van der Waals surface area contributed by atoms with E-state index in [4.69, 9.17) is 0 Å². The van der Waals surface area contributed by atoms with E-state index in [1.54, 1.807) is 19.1 Å². The lowest BCUT2D eigenvalue weighted by Crippen LogP contribution is -2.33. The zero-order valence-electron chi connectivity index (χ0n) is 18.2. The predicted octanol–water partition coefficient (Wildman–Crippen LogP) is 3.97. The smallest absolute Gasteiger partial charge is 0.396 e. The number of carbonyl (C=O) groups is 1. The number of nitrogens with zero attached hydrogens (tertiary/aromatic N) is 2. The fourth-order valence-corrected chi connectivity index (χ4v) is 3.56. The van der Waals surface area contributed by atoms with Gasteiger partial charge in [-0.3, -0.25) is 14.2 Å². The molecule has 2 N–H and O–H groups in total. The lowest BCUT2D eigenvalue weighted by molar-refractivity contribution is -0.137. The van der Waals surface area contributed by atoms with Gasteiger partial charge < -0.3 is 10.4 Å². The van der Waals surface area contributed by atoms with E-state index in [2.05, 4.69) is 10.3 Å². The molecule has 0 aliphatic heterocycles. The van der Waals surface area contributed by atoms with Crippen LogP contribution in [0.25, 0.3) is 11.4 Å². The van der Waals surface area contributed by atoms with E-state index in [1.807, 2.05) is 19.1 Å². The fraction of sp³-hybridized carbons (Fsp3) is 0.292. The number of aromatic nitrogens is 2. The van der Waals surface area contributed by atoms with E-state index >= 15 is 0 Å². The van der Waals surface area contributed by atoms with E-state index in [1.165, 1.54) is 12.1 Å². The highest BCUT2D eigenvalue weighted by Crippen LogP contribution is 2.30. The van der Waals surface area contributed by atoms with Crippen molar-refractivity contribution in [3.8, 4) is 11.4 Å². The second kappa shape index (κ2) is 9.99. The Morgan fingerprint density at radius 2 is 1.79 bits per heavy atom. The Morgan fingerprint density at radius 1 is 1.12 bits per heavy atom. The van der Waals surface area contributed by atoms with Crippen LogP contribution in [0.2, 0.25) is 0 Å². The van der Waals surface area contributed by atoms with Gasteiger partial charge in [-0.15, -0.1) is 0 Å². The van der Waals surface area contributed by atoms with Gasteiger partial charge in [0.1, 0.15) is 12.4 Å². The van der Waals surface area contributed by atoms with Crippen molar-refractivity contribution in [1.82, 2.24) is 9.55 Å². The second-order valence-corrected chi connectivity index (χ2v) is 7.50. The first-order valence-electron chi connectivity index (χ1n) is 10.4. The molecule has 174 valence electrons. The molecule has 33 heavy (non-hydrogen) atoms. The number of benzene rings is 2. The van der Waals surface area contributed by atoms with Crippen molar-refractivity contribution in [2.45, 2.75) is 39.4 Å². The molecule has 0 fully saturated rings. The highest BCUT2D eigenvalue weighted by atomic mass is 19.4. The van der Waals surface area contributed by atoms with Crippen LogP contribution in [0.1, 0.15) is 29.3 Å². The van der Waals surface area contributed by atoms with E-state index in [9.17, 15) is 27.9 Å². The van der Waals surface area contributed by atoms with Crippen LogP contribution in [0.4, 0.5) is 18.9 Å². The van der Waals surface area contributed by atoms with Crippen molar-refractivity contribution in [2.75, 3.05) is 11.9 Å². The number of rotatable bonds is 7. The number of amides is 1. The monoisotopic (exact) mass is 459 g/mol. The molecule has 1 aromatic heterocycles. The van der Waals surface area contributed by atoms with Crippen molar-refractivity contribution in [3.05, 3.63) is 81.3 Å². The third-order valence-electron chi connectivity index (χ3n) is 5.28. The van der Waals surface area contributed by atoms with E-state index in [-0.39, 0.29) is 36.5 Å². The fourth-order valence-electron chi connectivity index (χ4n) is 3.56. The van der Waals surface area contributed by atoms with Crippen molar-refractivity contribution in [3.63, 3.8) is 0 Å². The molecule has 0 unspecified atom stereocenters. The summed E-state index contributed by atoms with van der Waals surface area (Å²) >= 11 is 0. The average molecular weight is 459 g/mol. The summed E-state index contributed by atoms with van der Waals surface area (Å²) in [5.74, 6) is -0.404. The number of aliphatic hydroxyl groups excluding tert-OH is 1. The first kappa shape index (κ1) is 24.2. The SMILES string of the molecule is CCc1ccccc1NC(=O)Cn1c(-c2ccc(C(F)(F)F)cc2)nc(C)c(CCO)c1=O. The molecule has 1 heterocycles. The van der Waals surface area contributed by atoms with Crippen LogP contribution in [0, 0.1) is 6.92 Å². The highest BCUT2D eigenvalue weighted by molar-refractivity contribution is 5.91. The second-order valence-electron chi connectivity index (χ2n) is 7.50. The molecule has 0 saturated heterocycles. The van der Waals surface area contributed by atoms with Crippen LogP contribution in [-0.4, -0.2) is 27.2 Å². The summed E-state index contributed by atoms with van der Waals surface area (Å²) in [7, 11) is 0. The van der Waals surface area contributed by atoms with Crippen molar-refractivity contribution >= 4 is 11.6 Å². The number of halogens is 3. The topological polar surface area (TPSA) is 84.2 Å². The first-order valence-corrected chi connectivity index (χ1v) is 10.4. The summed E-state index contributed by atoms with van der Waals surface area (Å²) < 4.78 is 40.0. The molecule has 3 rings (SSSR count). The quantitative estimate of drug-likeness (QED) is 0.560. The Labute approximate surface area is 188 Å². The van der Waals surface area contributed by atoms with Crippen molar-refractivity contribution in [2.24, 2.45) is 0 Å². The van der Waals surface area contributed by atoms with Crippen LogP contribution >= 0.6 is 0 Å². The summed E-state index contributed by atoms with van der Waals surface area (Å²) in [6.45, 7) is 2.86.